The molecule has 3 aromatic rings. The van der Waals surface area contributed by atoms with Gasteiger partial charge in [-0.2, -0.15) is 4.98 Å². The minimum Gasteiger partial charge on any atom is -0.424 e. The number of benzene rings is 2. The number of nitrogens with zero attached hydrogens (tertiary/aromatic N) is 2. The molecule has 0 bridgehead atoms. The van der Waals surface area contributed by atoms with E-state index < -0.39 is 6.36 Å². The van der Waals surface area contributed by atoms with Gasteiger partial charge in [-0.3, -0.25) is 0 Å². The van der Waals surface area contributed by atoms with E-state index in [2.05, 4.69) is 19.9 Å². The van der Waals surface area contributed by atoms with Gasteiger partial charge < -0.3 is 19.4 Å². The van der Waals surface area contributed by atoms with Gasteiger partial charge in [0.15, 0.2) is 5.58 Å². The Balaban J connectivity index is 1.32. The van der Waals surface area contributed by atoms with Crippen molar-refractivity contribution >= 4 is 22.8 Å². The zero-order valence-corrected chi connectivity index (χ0v) is 14.4. The number of ether oxygens (including phenoxy) is 1. The van der Waals surface area contributed by atoms with Crippen LogP contribution in [0.4, 0.5) is 24.9 Å². The Labute approximate surface area is 153 Å². The fraction of sp³-hybridized carbons (Fsp3) is 0.316. The summed E-state index contributed by atoms with van der Waals surface area (Å²) in [5, 5.41) is 3.23. The molecular weight excluding hydrogens is 359 g/mol. The third-order valence-corrected chi connectivity index (χ3v) is 4.56. The molecule has 0 unspecified atom stereocenters. The smallest absolute Gasteiger partial charge is 0.424 e. The molecule has 0 aliphatic carbocycles. The largest absolute Gasteiger partial charge is 0.573 e. The third-order valence-electron chi connectivity index (χ3n) is 4.56. The van der Waals surface area contributed by atoms with Crippen molar-refractivity contribution in [3.8, 4) is 5.75 Å². The van der Waals surface area contributed by atoms with E-state index in [0.29, 0.717) is 11.9 Å². The van der Waals surface area contributed by atoms with Gasteiger partial charge in [-0.1, -0.05) is 12.1 Å². The summed E-state index contributed by atoms with van der Waals surface area (Å²) in [6, 6.07) is 14.1. The zero-order chi connectivity index (χ0) is 18.9. The van der Waals surface area contributed by atoms with Crippen molar-refractivity contribution in [2.75, 3.05) is 29.9 Å². The SMILES string of the molecule is FC(F)(F)Oc1ccc(N2CC[C@H](CNc3nc4ccccc4o3)C2)cc1. The molecule has 1 aliphatic heterocycles. The lowest BCUT2D eigenvalue weighted by molar-refractivity contribution is -0.274. The first-order valence-electron chi connectivity index (χ1n) is 8.66. The van der Waals surface area contributed by atoms with Crippen molar-refractivity contribution in [1.82, 2.24) is 4.98 Å². The fourth-order valence-electron chi connectivity index (χ4n) is 3.27. The molecule has 8 heteroatoms. The van der Waals surface area contributed by atoms with Gasteiger partial charge in [-0.25, -0.2) is 0 Å². The van der Waals surface area contributed by atoms with Gasteiger partial charge >= 0.3 is 6.36 Å². The Bertz CT molecular complexity index is 875. The van der Waals surface area contributed by atoms with Gasteiger partial charge in [0.05, 0.1) is 0 Å². The molecule has 1 fully saturated rings. The van der Waals surface area contributed by atoms with E-state index in [1.165, 1.54) is 12.1 Å². The number of oxazole rings is 1. The molecule has 1 N–H and O–H groups in total. The summed E-state index contributed by atoms with van der Waals surface area (Å²) >= 11 is 0. The highest BCUT2D eigenvalue weighted by Crippen LogP contribution is 2.28. The standard InChI is InChI=1S/C19H18F3N3O2/c20-19(21,22)27-15-7-5-14(6-8-15)25-10-9-13(12-25)11-23-18-24-16-3-1-2-4-17(16)26-18/h1-8,13H,9-12H2,(H,23,24)/t13-/m1/s1. The number of rotatable bonds is 5. The molecule has 2 heterocycles. The average Bonchev–Trinajstić information content (AvgIpc) is 3.26. The average molecular weight is 377 g/mol. The van der Waals surface area contributed by atoms with Crippen LogP contribution in [0.3, 0.4) is 0 Å². The lowest BCUT2D eigenvalue weighted by Crippen LogP contribution is -2.22. The second kappa shape index (κ2) is 7.02. The maximum Gasteiger partial charge on any atom is 0.573 e. The summed E-state index contributed by atoms with van der Waals surface area (Å²) < 4.78 is 46.3. The van der Waals surface area contributed by atoms with Crippen LogP contribution < -0.4 is 15.0 Å². The van der Waals surface area contributed by atoms with E-state index in [0.717, 1.165) is 42.8 Å². The molecule has 0 amide bonds. The van der Waals surface area contributed by atoms with Crippen LogP contribution in [0.2, 0.25) is 0 Å². The Morgan fingerprint density at radius 2 is 1.93 bits per heavy atom. The molecule has 0 saturated carbocycles. The maximum absolute atomic E-state index is 12.2. The molecule has 1 saturated heterocycles. The number of halogens is 3. The van der Waals surface area contributed by atoms with Crippen molar-refractivity contribution < 1.29 is 22.3 Å². The van der Waals surface area contributed by atoms with Gasteiger partial charge in [-0.05, 0) is 48.7 Å². The minimum atomic E-state index is -4.67. The van der Waals surface area contributed by atoms with Crippen LogP contribution >= 0.6 is 0 Å². The summed E-state index contributed by atoms with van der Waals surface area (Å²) in [5.74, 6) is 0.186. The molecule has 1 atom stereocenters. The van der Waals surface area contributed by atoms with Crippen molar-refractivity contribution in [3.63, 3.8) is 0 Å². The number of fused-ring (bicyclic) bond motifs is 1. The second-order valence-corrected chi connectivity index (χ2v) is 6.51. The first kappa shape index (κ1) is 17.5. The van der Waals surface area contributed by atoms with Gasteiger partial charge in [0.2, 0.25) is 0 Å². The number of hydrogen-bond donors (Lipinski definition) is 1. The van der Waals surface area contributed by atoms with Crippen molar-refractivity contribution in [2.24, 2.45) is 5.92 Å². The summed E-state index contributed by atoms with van der Waals surface area (Å²) in [6.07, 6.45) is -3.69. The van der Waals surface area contributed by atoms with E-state index in [1.54, 1.807) is 12.1 Å². The van der Waals surface area contributed by atoms with E-state index in [-0.39, 0.29) is 5.75 Å². The van der Waals surface area contributed by atoms with Gasteiger partial charge in [-0.15, -0.1) is 13.2 Å². The Kier molecular flexibility index (Phi) is 4.55. The van der Waals surface area contributed by atoms with E-state index >= 15 is 0 Å². The number of hydrogen-bond acceptors (Lipinski definition) is 5. The Hall–Kier alpha value is -2.90. The van der Waals surface area contributed by atoms with Crippen LogP contribution in [-0.2, 0) is 0 Å². The minimum absolute atomic E-state index is 0.209. The molecule has 1 aliphatic rings. The van der Waals surface area contributed by atoms with Gasteiger partial charge in [0.1, 0.15) is 11.3 Å². The number of nitrogens with one attached hydrogen (secondary N) is 1. The normalized spacial score (nSPS) is 17.4. The van der Waals surface area contributed by atoms with Crippen LogP contribution in [0.25, 0.3) is 11.1 Å². The molecule has 5 nitrogen and oxygen atoms in total. The van der Waals surface area contributed by atoms with Crippen LogP contribution in [0.15, 0.2) is 52.9 Å². The molecule has 142 valence electrons. The Morgan fingerprint density at radius 3 is 2.67 bits per heavy atom. The van der Waals surface area contributed by atoms with Crippen LogP contribution in [0, 0.1) is 5.92 Å². The van der Waals surface area contributed by atoms with Crippen LogP contribution in [0.1, 0.15) is 6.42 Å². The molecule has 1 aromatic heterocycles. The van der Waals surface area contributed by atoms with E-state index in [9.17, 15) is 13.2 Å². The lowest BCUT2D eigenvalue weighted by Gasteiger charge is -2.19. The lowest BCUT2D eigenvalue weighted by atomic mass is 10.1. The predicted molar refractivity (Wildman–Crippen MR) is 95.9 cm³/mol. The number of para-hydroxylation sites is 2. The molecule has 0 spiro atoms. The highest BCUT2D eigenvalue weighted by atomic mass is 19.4. The molecule has 2 aromatic carbocycles. The summed E-state index contributed by atoms with van der Waals surface area (Å²) in [6.45, 7) is 2.38. The third kappa shape index (κ3) is 4.27. The summed E-state index contributed by atoms with van der Waals surface area (Å²) in [5.41, 5.74) is 2.44. The van der Waals surface area contributed by atoms with Crippen molar-refractivity contribution in [1.29, 1.82) is 0 Å². The number of anilines is 2. The molecule has 4 rings (SSSR count). The van der Waals surface area contributed by atoms with Crippen LogP contribution in [0.5, 0.6) is 5.75 Å². The summed E-state index contributed by atoms with van der Waals surface area (Å²) in [4.78, 5) is 6.54. The predicted octanol–water partition coefficient (Wildman–Crippen LogP) is 4.66. The van der Waals surface area contributed by atoms with E-state index in [4.69, 9.17) is 4.42 Å². The molecule has 0 radical (unpaired) electrons. The van der Waals surface area contributed by atoms with Gasteiger partial charge in [0, 0.05) is 25.3 Å². The first-order valence-corrected chi connectivity index (χ1v) is 8.66. The second-order valence-electron chi connectivity index (χ2n) is 6.51. The highest BCUT2D eigenvalue weighted by Gasteiger charge is 2.31. The van der Waals surface area contributed by atoms with Gasteiger partial charge in [0.25, 0.3) is 6.01 Å². The number of aromatic nitrogens is 1. The molecular formula is C19H18F3N3O2. The first-order chi connectivity index (χ1) is 13.0. The zero-order valence-electron chi connectivity index (χ0n) is 14.4. The maximum atomic E-state index is 12.2. The van der Waals surface area contributed by atoms with E-state index in [1.807, 2.05) is 24.3 Å². The Morgan fingerprint density at radius 1 is 1.15 bits per heavy atom. The monoisotopic (exact) mass is 377 g/mol. The molecule has 27 heavy (non-hydrogen) atoms. The topological polar surface area (TPSA) is 50.5 Å². The quantitative estimate of drug-likeness (QED) is 0.701. The van der Waals surface area contributed by atoms with Crippen molar-refractivity contribution in [2.45, 2.75) is 12.8 Å². The number of alkyl halides is 3. The summed E-state index contributed by atoms with van der Waals surface area (Å²) in [7, 11) is 0. The fourth-order valence-corrected chi connectivity index (χ4v) is 3.27. The van der Waals surface area contributed by atoms with Crippen molar-refractivity contribution in [3.05, 3.63) is 48.5 Å². The highest BCUT2D eigenvalue weighted by molar-refractivity contribution is 5.74. The van der Waals surface area contributed by atoms with Crippen LogP contribution in [-0.4, -0.2) is 31.0 Å².